The van der Waals surface area contributed by atoms with Gasteiger partial charge in [0.15, 0.2) is 11.6 Å². The standard InChI is InChI=1S/C21H25N5O2/c1-2-25-11-13-26(14-12-25)19(27)9-10-22-20-16-6-3-4-7-17(16)23-21(24-20)18-8-5-15-28-18/h3-8,15H,2,9-14H2,1H3,(H,22,23,24). The molecule has 0 aliphatic carbocycles. The van der Waals surface area contributed by atoms with Gasteiger partial charge in [0, 0.05) is 44.5 Å². The van der Waals surface area contributed by atoms with Crippen LogP contribution in [0, 0.1) is 0 Å². The van der Waals surface area contributed by atoms with E-state index in [0.29, 0.717) is 24.6 Å². The molecule has 7 nitrogen and oxygen atoms in total. The summed E-state index contributed by atoms with van der Waals surface area (Å²) in [6.07, 6.45) is 2.05. The summed E-state index contributed by atoms with van der Waals surface area (Å²) in [7, 11) is 0. The van der Waals surface area contributed by atoms with Crippen molar-refractivity contribution in [1.82, 2.24) is 19.8 Å². The summed E-state index contributed by atoms with van der Waals surface area (Å²) in [6, 6.07) is 11.5. The van der Waals surface area contributed by atoms with E-state index >= 15 is 0 Å². The second-order valence-corrected chi connectivity index (χ2v) is 6.88. The first-order valence-corrected chi connectivity index (χ1v) is 9.79. The zero-order valence-corrected chi connectivity index (χ0v) is 16.1. The highest BCUT2D eigenvalue weighted by atomic mass is 16.3. The molecule has 1 fully saturated rings. The summed E-state index contributed by atoms with van der Waals surface area (Å²) in [4.78, 5) is 26.1. The minimum atomic E-state index is 0.188. The first-order chi connectivity index (χ1) is 13.7. The van der Waals surface area contributed by atoms with Crippen LogP contribution in [-0.4, -0.2) is 64.9 Å². The molecule has 3 heterocycles. The number of hydrogen-bond donors (Lipinski definition) is 1. The lowest BCUT2D eigenvalue weighted by molar-refractivity contribution is -0.132. The molecule has 28 heavy (non-hydrogen) atoms. The van der Waals surface area contributed by atoms with Crippen molar-refractivity contribution in [2.24, 2.45) is 0 Å². The van der Waals surface area contributed by atoms with Gasteiger partial charge >= 0.3 is 0 Å². The number of para-hydroxylation sites is 1. The van der Waals surface area contributed by atoms with Crippen molar-refractivity contribution < 1.29 is 9.21 Å². The number of amides is 1. The smallest absolute Gasteiger partial charge is 0.224 e. The molecule has 1 aliphatic heterocycles. The van der Waals surface area contributed by atoms with Gasteiger partial charge in [-0.1, -0.05) is 19.1 Å². The third-order valence-electron chi connectivity index (χ3n) is 5.15. The molecular formula is C21H25N5O2. The summed E-state index contributed by atoms with van der Waals surface area (Å²) < 4.78 is 5.45. The molecule has 0 bridgehead atoms. The Morgan fingerprint density at radius 2 is 1.93 bits per heavy atom. The van der Waals surface area contributed by atoms with Crippen molar-refractivity contribution in [2.45, 2.75) is 13.3 Å². The predicted octanol–water partition coefficient (Wildman–Crippen LogP) is 2.86. The summed E-state index contributed by atoms with van der Waals surface area (Å²) in [5, 5.41) is 4.26. The van der Waals surface area contributed by atoms with Crippen LogP contribution in [0.25, 0.3) is 22.5 Å². The Hall–Kier alpha value is -2.93. The molecule has 1 aromatic carbocycles. The Kier molecular flexibility index (Phi) is 5.53. The molecular weight excluding hydrogens is 354 g/mol. The second kappa shape index (κ2) is 8.39. The summed E-state index contributed by atoms with van der Waals surface area (Å²) >= 11 is 0. The van der Waals surface area contributed by atoms with Crippen molar-refractivity contribution in [2.75, 3.05) is 44.6 Å². The van der Waals surface area contributed by atoms with Crippen LogP contribution in [0.2, 0.25) is 0 Å². The number of aromatic nitrogens is 2. The fourth-order valence-corrected chi connectivity index (χ4v) is 3.49. The van der Waals surface area contributed by atoms with Gasteiger partial charge in [-0.05, 0) is 30.8 Å². The van der Waals surface area contributed by atoms with Crippen molar-refractivity contribution in [3.63, 3.8) is 0 Å². The van der Waals surface area contributed by atoms with Gasteiger partial charge in [0.1, 0.15) is 5.82 Å². The lowest BCUT2D eigenvalue weighted by Gasteiger charge is -2.34. The maximum atomic E-state index is 12.5. The molecule has 3 aromatic rings. The zero-order chi connectivity index (χ0) is 19.3. The van der Waals surface area contributed by atoms with E-state index < -0.39 is 0 Å². The quantitative estimate of drug-likeness (QED) is 0.710. The largest absolute Gasteiger partial charge is 0.461 e. The van der Waals surface area contributed by atoms with Crippen molar-refractivity contribution >= 4 is 22.6 Å². The second-order valence-electron chi connectivity index (χ2n) is 6.88. The molecule has 4 rings (SSSR count). The Morgan fingerprint density at radius 1 is 1.11 bits per heavy atom. The SMILES string of the molecule is CCN1CCN(C(=O)CCNc2nc(-c3ccco3)nc3ccccc23)CC1. The number of fused-ring (bicyclic) bond motifs is 1. The fraction of sp³-hybridized carbons (Fsp3) is 0.381. The van der Waals surface area contributed by atoms with Crippen LogP contribution in [0.15, 0.2) is 47.1 Å². The lowest BCUT2D eigenvalue weighted by Crippen LogP contribution is -2.48. The van der Waals surface area contributed by atoms with E-state index in [1.54, 1.807) is 6.26 Å². The third kappa shape index (κ3) is 3.99. The molecule has 1 N–H and O–H groups in total. The minimum absolute atomic E-state index is 0.188. The fourth-order valence-electron chi connectivity index (χ4n) is 3.49. The van der Waals surface area contributed by atoms with Crippen LogP contribution in [0.1, 0.15) is 13.3 Å². The van der Waals surface area contributed by atoms with E-state index in [9.17, 15) is 4.79 Å². The Bertz CT molecular complexity index is 933. The van der Waals surface area contributed by atoms with Gasteiger partial charge in [0.05, 0.1) is 11.8 Å². The molecule has 7 heteroatoms. The monoisotopic (exact) mass is 379 g/mol. The van der Waals surface area contributed by atoms with E-state index in [1.165, 1.54) is 0 Å². The van der Waals surface area contributed by atoms with E-state index in [-0.39, 0.29) is 5.91 Å². The number of carbonyl (C=O) groups excluding carboxylic acids is 1. The molecule has 0 spiro atoms. The molecule has 1 aliphatic rings. The lowest BCUT2D eigenvalue weighted by atomic mass is 10.2. The van der Waals surface area contributed by atoms with E-state index in [0.717, 1.165) is 49.4 Å². The van der Waals surface area contributed by atoms with E-state index in [4.69, 9.17) is 4.42 Å². The van der Waals surface area contributed by atoms with Crippen LogP contribution in [0.4, 0.5) is 5.82 Å². The summed E-state index contributed by atoms with van der Waals surface area (Å²) in [5.41, 5.74) is 0.841. The maximum absolute atomic E-state index is 12.5. The Labute approximate surface area is 164 Å². The van der Waals surface area contributed by atoms with Gasteiger partial charge in [0.25, 0.3) is 0 Å². The molecule has 2 aromatic heterocycles. The van der Waals surface area contributed by atoms with Gasteiger partial charge in [-0.2, -0.15) is 0 Å². The van der Waals surface area contributed by atoms with Gasteiger partial charge < -0.3 is 19.5 Å². The maximum Gasteiger partial charge on any atom is 0.224 e. The average Bonchev–Trinajstić information content (AvgIpc) is 3.28. The topological polar surface area (TPSA) is 74.5 Å². The third-order valence-corrected chi connectivity index (χ3v) is 5.15. The zero-order valence-electron chi connectivity index (χ0n) is 16.1. The number of likely N-dealkylation sites (N-methyl/N-ethyl adjacent to an activating group) is 1. The van der Waals surface area contributed by atoms with Crippen molar-refractivity contribution in [1.29, 1.82) is 0 Å². The average molecular weight is 379 g/mol. The molecule has 146 valence electrons. The number of furan rings is 1. The van der Waals surface area contributed by atoms with E-state index in [2.05, 4.69) is 27.1 Å². The normalized spacial score (nSPS) is 15.1. The van der Waals surface area contributed by atoms with Crippen LogP contribution in [0.3, 0.4) is 0 Å². The highest BCUT2D eigenvalue weighted by Crippen LogP contribution is 2.25. The van der Waals surface area contributed by atoms with Crippen LogP contribution < -0.4 is 5.32 Å². The van der Waals surface area contributed by atoms with Gasteiger partial charge in [-0.15, -0.1) is 0 Å². The predicted molar refractivity (Wildman–Crippen MR) is 109 cm³/mol. The first-order valence-electron chi connectivity index (χ1n) is 9.79. The number of nitrogens with one attached hydrogen (secondary N) is 1. The number of piperazine rings is 1. The molecule has 0 saturated carbocycles. The van der Waals surface area contributed by atoms with Crippen LogP contribution >= 0.6 is 0 Å². The highest BCUT2D eigenvalue weighted by molar-refractivity contribution is 5.90. The number of benzene rings is 1. The Balaban J connectivity index is 1.44. The Morgan fingerprint density at radius 3 is 2.68 bits per heavy atom. The summed E-state index contributed by atoms with van der Waals surface area (Å²) in [6.45, 7) is 7.27. The van der Waals surface area contributed by atoms with Gasteiger partial charge in [-0.3, -0.25) is 4.79 Å². The van der Waals surface area contributed by atoms with Gasteiger partial charge in [-0.25, -0.2) is 9.97 Å². The summed E-state index contributed by atoms with van der Waals surface area (Å²) in [5.74, 6) is 2.07. The van der Waals surface area contributed by atoms with Crippen LogP contribution in [0.5, 0.6) is 0 Å². The molecule has 1 amide bonds. The number of rotatable bonds is 6. The molecule has 0 radical (unpaired) electrons. The van der Waals surface area contributed by atoms with Crippen molar-refractivity contribution in [3.05, 3.63) is 42.7 Å². The molecule has 1 saturated heterocycles. The van der Waals surface area contributed by atoms with Crippen molar-refractivity contribution in [3.8, 4) is 11.6 Å². The number of carbonyl (C=O) groups is 1. The number of hydrogen-bond acceptors (Lipinski definition) is 6. The number of anilines is 1. The van der Waals surface area contributed by atoms with Crippen LogP contribution in [-0.2, 0) is 4.79 Å². The van der Waals surface area contributed by atoms with E-state index in [1.807, 2.05) is 41.3 Å². The number of nitrogens with zero attached hydrogens (tertiary/aromatic N) is 4. The molecule has 0 atom stereocenters. The first kappa shape index (κ1) is 18.4. The van der Waals surface area contributed by atoms with Gasteiger partial charge in [0.2, 0.25) is 5.91 Å². The highest BCUT2D eigenvalue weighted by Gasteiger charge is 2.20. The molecule has 0 unspecified atom stereocenters. The minimum Gasteiger partial charge on any atom is -0.461 e.